The molecule has 0 saturated carbocycles. The number of benzene rings is 1. The van der Waals surface area contributed by atoms with E-state index in [0.717, 1.165) is 56.8 Å². The molecule has 0 aliphatic carbocycles. The summed E-state index contributed by atoms with van der Waals surface area (Å²) in [5.74, 6) is 1.88. The molecule has 24 heavy (non-hydrogen) atoms. The van der Waals surface area contributed by atoms with Crippen LogP contribution in [0, 0.1) is 0 Å². The van der Waals surface area contributed by atoms with Gasteiger partial charge in [-0.2, -0.15) is 0 Å². The molecule has 2 heterocycles. The van der Waals surface area contributed by atoms with Crippen molar-refractivity contribution in [2.24, 2.45) is 9.98 Å². The summed E-state index contributed by atoms with van der Waals surface area (Å²) < 4.78 is 5.47. The van der Waals surface area contributed by atoms with E-state index >= 15 is 0 Å². The Hall–Kier alpha value is -1.59. The van der Waals surface area contributed by atoms with Crippen LogP contribution in [0.25, 0.3) is 0 Å². The Morgan fingerprint density at radius 3 is 2.54 bits per heavy atom. The number of nitrogens with zero attached hydrogens (tertiary/aromatic N) is 3. The van der Waals surface area contributed by atoms with Gasteiger partial charge in [-0.05, 0) is 25.0 Å². The molecule has 0 bridgehead atoms. The molecule has 0 radical (unpaired) electrons. The van der Waals surface area contributed by atoms with Crippen LogP contribution < -0.4 is 5.32 Å². The van der Waals surface area contributed by atoms with E-state index < -0.39 is 0 Å². The van der Waals surface area contributed by atoms with Gasteiger partial charge in [0.05, 0.1) is 18.9 Å². The van der Waals surface area contributed by atoms with Crippen molar-refractivity contribution >= 4 is 29.9 Å². The lowest BCUT2D eigenvalue weighted by Crippen LogP contribution is -2.41. The molecule has 0 atom stereocenters. The van der Waals surface area contributed by atoms with Gasteiger partial charge in [0.25, 0.3) is 0 Å². The lowest BCUT2D eigenvalue weighted by atomic mass is 10.1. The summed E-state index contributed by atoms with van der Waals surface area (Å²) in [6, 6.07) is 10.1. The number of halogens is 1. The van der Waals surface area contributed by atoms with Crippen molar-refractivity contribution in [1.82, 2.24) is 10.2 Å². The van der Waals surface area contributed by atoms with E-state index in [9.17, 15) is 0 Å². The highest BCUT2D eigenvalue weighted by Gasteiger charge is 2.16. The van der Waals surface area contributed by atoms with E-state index in [2.05, 4.69) is 10.2 Å². The van der Waals surface area contributed by atoms with Gasteiger partial charge in [0, 0.05) is 26.1 Å². The largest absolute Gasteiger partial charge is 0.378 e. The first-order valence-electron chi connectivity index (χ1n) is 8.70. The molecule has 2 aliphatic rings. The van der Waals surface area contributed by atoms with Crippen LogP contribution in [0.15, 0.2) is 40.3 Å². The van der Waals surface area contributed by atoms with E-state index in [-0.39, 0.29) is 12.4 Å². The predicted octanol–water partition coefficient (Wildman–Crippen LogP) is 3.38. The smallest absolute Gasteiger partial charge is 0.227 e. The monoisotopic (exact) mass is 350 g/mol. The molecule has 3 rings (SSSR count). The summed E-state index contributed by atoms with van der Waals surface area (Å²) in [7, 11) is 0. The average molecular weight is 351 g/mol. The van der Waals surface area contributed by atoms with Gasteiger partial charge in [-0.25, -0.2) is 9.98 Å². The second-order valence-corrected chi connectivity index (χ2v) is 6.00. The fourth-order valence-electron chi connectivity index (χ4n) is 2.86. The van der Waals surface area contributed by atoms with Gasteiger partial charge >= 0.3 is 0 Å². The van der Waals surface area contributed by atoms with Crippen LogP contribution in [0.3, 0.4) is 0 Å². The number of hydrogen-bond acceptors (Lipinski definition) is 2. The van der Waals surface area contributed by atoms with Crippen molar-refractivity contribution in [3.63, 3.8) is 0 Å². The topological polar surface area (TPSA) is 49.2 Å². The molecular formula is C18H27ClN4O. The average Bonchev–Trinajstić information content (AvgIpc) is 2.58. The van der Waals surface area contributed by atoms with Crippen molar-refractivity contribution < 1.29 is 4.74 Å². The first-order chi connectivity index (χ1) is 11.4. The summed E-state index contributed by atoms with van der Waals surface area (Å²) in [5, 5.41) is 3.49. The van der Waals surface area contributed by atoms with Crippen molar-refractivity contribution in [2.45, 2.75) is 32.1 Å². The Balaban J connectivity index is 0.00000208. The first-order valence-corrected chi connectivity index (χ1v) is 8.70. The summed E-state index contributed by atoms with van der Waals surface area (Å²) >= 11 is 0. The maximum Gasteiger partial charge on any atom is 0.227 e. The van der Waals surface area contributed by atoms with Crippen molar-refractivity contribution in [3.05, 3.63) is 30.3 Å². The minimum absolute atomic E-state index is 0. The van der Waals surface area contributed by atoms with Crippen LogP contribution in [0.1, 0.15) is 32.1 Å². The molecule has 2 fully saturated rings. The minimum Gasteiger partial charge on any atom is -0.378 e. The van der Waals surface area contributed by atoms with Gasteiger partial charge in [0.2, 0.25) is 5.96 Å². The third-order valence-electron chi connectivity index (χ3n) is 4.18. The molecule has 0 unspecified atom stereocenters. The summed E-state index contributed by atoms with van der Waals surface area (Å²) in [5.41, 5.74) is 0.948. The molecule has 5 nitrogen and oxygen atoms in total. The maximum absolute atomic E-state index is 5.47. The minimum atomic E-state index is 0. The van der Waals surface area contributed by atoms with Gasteiger partial charge in [-0.15, -0.1) is 12.4 Å². The first kappa shape index (κ1) is 18.7. The zero-order valence-electron chi connectivity index (χ0n) is 14.1. The molecule has 132 valence electrons. The van der Waals surface area contributed by atoms with Crippen LogP contribution in [-0.2, 0) is 4.74 Å². The highest BCUT2D eigenvalue weighted by Crippen LogP contribution is 2.14. The molecule has 2 saturated heterocycles. The molecule has 6 heteroatoms. The number of aliphatic imine (C=N–C) groups is 2. The third kappa shape index (κ3) is 5.80. The lowest BCUT2D eigenvalue weighted by Gasteiger charge is -2.28. The van der Waals surface area contributed by atoms with E-state index in [1.807, 2.05) is 30.3 Å². The summed E-state index contributed by atoms with van der Waals surface area (Å²) in [4.78, 5) is 11.9. The van der Waals surface area contributed by atoms with Gasteiger partial charge in [0.15, 0.2) is 0 Å². The molecule has 1 aromatic carbocycles. The van der Waals surface area contributed by atoms with Crippen LogP contribution >= 0.6 is 12.4 Å². The second kappa shape index (κ2) is 10.3. The highest BCUT2D eigenvalue weighted by atomic mass is 35.5. The van der Waals surface area contributed by atoms with Crippen molar-refractivity contribution in [2.75, 3.05) is 32.8 Å². The third-order valence-corrected chi connectivity index (χ3v) is 4.18. The standard InChI is InChI=1S/C18H26N4O.ClH/c1-2-7-11-19-17(10-6-1)21-18(22-12-14-23-15-13-22)20-16-8-4-3-5-9-16;/h3-5,8-9H,1-2,6-7,10-15H2,(H,19,20,21);1H. The van der Waals surface area contributed by atoms with E-state index in [1.54, 1.807) is 0 Å². The van der Waals surface area contributed by atoms with Crippen molar-refractivity contribution in [1.29, 1.82) is 0 Å². The van der Waals surface area contributed by atoms with E-state index in [4.69, 9.17) is 14.7 Å². The normalized spacial score (nSPS) is 21.4. The van der Waals surface area contributed by atoms with Crippen LogP contribution in [0.2, 0.25) is 0 Å². The van der Waals surface area contributed by atoms with Crippen LogP contribution in [-0.4, -0.2) is 49.5 Å². The Labute approximate surface area is 150 Å². The number of morpholine rings is 1. The Bertz CT molecular complexity index is 531. The molecule has 2 aliphatic heterocycles. The van der Waals surface area contributed by atoms with Gasteiger partial charge < -0.3 is 15.0 Å². The molecule has 0 amide bonds. The number of ether oxygens (including phenoxy) is 1. The number of nitrogens with one attached hydrogen (secondary N) is 1. The Morgan fingerprint density at radius 1 is 1.00 bits per heavy atom. The van der Waals surface area contributed by atoms with Gasteiger partial charge in [-0.3, -0.25) is 0 Å². The number of rotatable bonds is 1. The van der Waals surface area contributed by atoms with Crippen LogP contribution in [0.5, 0.6) is 0 Å². The predicted molar refractivity (Wildman–Crippen MR) is 102 cm³/mol. The van der Waals surface area contributed by atoms with Gasteiger partial charge in [-0.1, -0.05) is 31.0 Å². The molecule has 1 aromatic rings. The molecular weight excluding hydrogens is 324 g/mol. The summed E-state index contributed by atoms with van der Waals surface area (Å²) in [6.45, 7) is 4.20. The zero-order chi connectivity index (χ0) is 15.7. The Kier molecular flexibility index (Phi) is 8.05. The second-order valence-electron chi connectivity index (χ2n) is 6.00. The zero-order valence-corrected chi connectivity index (χ0v) is 14.9. The molecule has 1 N–H and O–H groups in total. The van der Waals surface area contributed by atoms with Crippen molar-refractivity contribution in [3.8, 4) is 0 Å². The SMILES string of the molecule is Cl.c1ccc(N=C(N=C2CCCCCCN2)N2CCOCC2)cc1. The fourth-order valence-corrected chi connectivity index (χ4v) is 2.86. The number of amidine groups is 1. The highest BCUT2D eigenvalue weighted by molar-refractivity contribution is 5.97. The van der Waals surface area contributed by atoms with E-state index in [1.165, 1.54) is 25.7 Å². The number of para-hydroxylation sites is 1. The molecule has 0 spiro atoms. The number of hydrogen-bond donors (Lipinski definition) is 1. The lowest BCUT2D eigenvalue weighted by molar-refractivity contribution is 0.0676. The Morgan fingerprint density at radius 2 is 1.75 bits per heavy atom. The van der Waals surface area contributed by atoms with E-state index in [0.29, 0.717) is 0 Å². The quantitative estimate of drug-likeness (QED) is 0.624. The number of guanidine groups is 1. The van der Waals surface area contributed by atoms with Crippen LogP contribution in [0.4, 0.5) is 5.69 Å². The fraction of sp³-hybridized carbons (Fsp3) is 0.556. The van der Waals surface area contributed by atoms with Gasteiger partial charge in [0.1, 0.15) is 5.84 Å². The molecule has 0 aromatic heterocycles. The summed E-state index contributed by atoms with van der Waals surface area (Å²) in [6.07, 6.45) is 6.05. The maximum atomic E-state index is 5.47.